The van der Waals surface area contributed by atoms with Crippen molar-refractivity contribution < 1.29 is 9.90 Å². The summed E-state index contributed by atoms with van der Waals surface area (Å²) in [5, 5.41) is 19.1. The first-order valence-corrected chi connectivity index (χ1v) is 6.55. The molecule has 0 fully saturated rings. The fourth-order valence-corrected chi connectivity index (χ4v) is 1.64. The standard InChI is InChI=1S/C16H15N3O2/c20-11-5-4-8-14-9-10-15(19-18-14)17-16(21)12-13-6-2-1-3-7-13/h1-3,6-7,9-10,20H,5,11-12H2,(H,17,19,21). The zero-order chi connectivity index (χ0) is 14.9. The van der Waals surface area contributed by atoms with Gasteiger partial charge < -0.3 is 10.4 Å². The molecule has 2 aromatic rings. The first kappa shape index (κ1) is 14.7. The zero-order valence-electron chi connectivity index (χ0n) is 11.4. The summed E-state index contributed by atoms with van der Waals surface area (Å²) in [4.78, 5) is 11.8. The van der Waals surface area contributed by atoms with Crippen LogP contribution in [0.1, 0.15) is 17.7 Å². The summed E-state index contributed by atoms with van der Waals surface area (Å²) in [5.74, 6) is 5.77. The smallest absolute Gasteiger partial charge is 0.229 e. The molecule has 1 heterocycles. The maximum Gasteiger partial charge on any atom is 0.229 e. The maximum atomic E-state index is 11.8. The highest BCUT2D eigenvalue weighted by Gasteiger charge is 2.04. The molecule has 5 heteroatoms. The minimum atomic E-state index is -0.144. The van der Waals surface area contributed by atoms with Crippen LogP contribution in [0.3, 0.4) is 0 Å². The summed E-state index contributed by atoms with van der Waals surface area (Å²) >= 11 is 0. The van der Waals surface area contributed by atoms with Crippen molar-refractivity contribution in [1.29, 1.82) is 0 Å². The van der Waals surface area contributed by atoms with Gasteiger partial charge in [0.15, 0.2) is 5.82 Å². The molecule has 1 aromatic carbocycles. The number of hydrogen-bond acceptors (Lipinski definition) is 4. The number of carbonyl (C=O) groups excluding carboxylic acids is 1. The third-order valence-corrected chi connectivity index (χ3v) is 2.59. The van der Waals surface area contributed by atoms with E-state index >= 15 is 0 Å². The molecule has 0 saturated heterocycles. The highest BCUT2D eigenvalue weighted by Crippen LogP contribution is 2.04. The molecule has 0 aliphatic rings. The Morgan fingerprint density at radius 2 is 1.95 bits per heavy atom. The quantitative estimate of drug-likeness (QED) is 0.830. The summed E-state index contributed by atoms with van der Waals surface area (Å²) in [6.07, 6.45) is 0.692. The van der Waals surface area contributed by atoms with E-state index in [4.69, 9.17) is 5.11 Å². The summed E-state index contributed by atoms with van der Waals surface area (Å²) in [6, 6.07) is 12.8. The number of nitrogens with zero attached hydrogens (tertiary/aromatic N) is 2. The highest BCUT2D eigenvalue weighted by atomic mass is 16.2. The Morgan fingerprint density at radius 3 is 2.62 bits per heavy atom. The predicted molar refractivity (Wildman–Crippen MR) is 79.4 cm³/mol. The molecular formula is C16H15N3O2. The van der Waals surface area contributed by atoms with E-state index in [9.17, 15) is 4.79 Å². The number of nitrogens with one attached hydrogen (secondary N) is 1. The van der Waals surface area contributed by atoms with Crippen molar-refractivity contribution in [2.24, 2.45) is 0 Å². The number of aliphatic hydroxyl groups excluding tert-OH is 1. The lowest BCUT2D eigenvalue weighted by atomic mass is 10.1. The van der Waals surface area contributed by atoms with Crippen LogP contribution in [0, 0.1) is 11.8 Å². The molecule has 0 spiro atoms. The molecule has 1 amide bonds. The molecular weight excluding hydrogens is 266 g/mol. The third kappa shape index (κ3) is 5.05. The van der Waals surface area contributed by atoms with Crippen molar-refractivity contribution >= 4 is 11.7 Å². The molecule has 106 valence electrons. The second kappa shape index (κ2) is 7.78. The van der Waals surface area contributed by atoms with Crippen LogP contribution in [0.2, 0.25) is 0 Å². The number of amides is 1. The van der Waals surface area contributed by atoms with Crippen LogP contribution in [0.4, 0.5) is 5.82 Å². The lowest BCUT2D eigenvalue weighted by molar-refractivity contribution is -0.115. The number of hydrogen-bond donors (Lipinski definition) is 2. The number of benzene rings is 1. The Hall–Kier alpha value is -2.71. The van der Waals surface area contributed by atoms with Gasteiger partial charge >= 0.3 is 0 Å². The molecule has 0 bridgehead atoms. The summed E-state index contributed by atoms with van der Waals surface area (Å²) in [7, 11) is 0. The van der Waals surface area contributed by atoms with E-state index in [0.29, 0.717) is 24.4 Å². The fourth-order valence-electron chi connectivity index (χ4n) is 1.64. The zero-order valence-corrected chi connectivity index (χ0v) is 11.4. The number of aliphatic hydroxyl groups is 1. The summed E-state index contributed by atoms with van der Waals surface area (Å²) in [6.45, 7) is 0.0219. The first-order chi connectivity index (χ1) is 10.3. The van der Waals surface area contributed by atoms with Crippen LogP contribution in [0.5, 0.6) is 0 Å². The van der Waals surface area contributed by atoms with Crippen LogP contribution in [0.15, 0.2) is 42.5 Å². The maximum absolute atomic E-state index is 11.8. The van der Waals surface area contributed by atoms with Gasteiger partial charge in [0.25, 0.3) is 0 Å². The second-order valence-corrected chi connectivity index (χ2v) is 4.29. The molecule has 0 unspecified atom stereocenters. The van der Waals surface area contributed by atoms with Gasteiger partial charge in [0.2, 0.25) is 5.91 Å². The fraction of sp³-hybridized carbons (Fsp3) is 0.188. The van der Waals surface area contributed by atoms with Crippen molar-refractivity contribution in [2.45, 2.75) is 12.8 Å². The van der Waals surface area contributed by atoms with Crippen LogP contribution in [-0.2, 0) is 11.2 Å². The van der Waals surface area contributed by atoms with Gasteiger partial charge in [-0.2, -0.15) is 0 Å². The molecule has 0 atom stereocenters. The minimum Gasteiger partial charge on any atom is -0.395 e. The number of rotatable bonds is 4. The topological polar surface area (TPSA) is 75.1 Å². The van der Waals surface area contributed by atoms with E-state index in [1.54, 1.807) is 12.1 Å². The molecule has 0 saturated carbocycles. The van der Waals surface area contributed by atoms with E-state index in [0.717, 1.165) is 5.56 Å². The SMILES string of the molecule is O=C(Cc1ccccc1)Nc1ccc(C#CCCO)nn1. The molecule has 2 rings (SSSR count). The van der Waals surface area contributed by atoms with Gasteiger partial charge in [0.05, 0.1) is 13.0 Å². The van der Waals surface area contributed by atoms with Crippen LogP contribution < -0.4 is 5.32 Å². The normalized spacial score (nSPS) is 9.57. The second-order valence-electron chi connectivity index (χ2n) is 4.29. The number of carbonyl (C=O) groups is 1. The minimum absolute atomic E-state index is 0.0219. The Bertz CT molecular complexity index is 643. The van der Waals surface area contributed by atoms with Crippen LogP contribution in [0.25, 0.3) is 0 Å². The molecule has 21 heavy (non-hydrogen) atoms. The summed E-state index contributed by atoms with van der Waals surface area (Å²) in [5.41, 5.74) is 1.44. The van der Waals surface area contributed by atoms with Crippen molar-refractivity contribution in [2.75, 3.05) is 11.9 Å². The highest BCUT2D eigenvalue weighted by molar-refractivity contribution is 5.91. The van der Waals surface area contributed by atoms with Crippen LogP contribution >= 0.6 is 0 Å². The largest absolute Gasteiger partial charge is 0.395 e. The number of aromatic nitrogens is 2. The van der Waals surface area contributed by atoms with Gasteiger partial charge in [0, 0.05) is 6.42 Å². The van der Waals surface area contributed by atoms with E-state index in [2.05, 4.69) is 27.4 Å². The number of anilines is 1. The lowest BCUT2D eigenvalue weighted by Gasteiger charge is -2.03. The van der Waals surface area contributed by atoms with Gasteiger partial charge in [-0.1, -0.05) is 36.3 Å². The molecule has 5 nitrogen and oxygen atoms in total. The van der Waals surface area contributed by atoms with Gasteiger partial charge in [-0.3, -0.25) is 4.79 Å². The molecule has 0 radical (unpaired) electrons. The predicted octanol–water partition coefficient (Wildman–Crippen LogP) is 1.39. The Morgan fingerprint density at radius 1 is 1.14 bits per heavy atom. The van der Waals surface area contributed by atoms with E-state index < -0.39 is 0 Å². The average molecular weight is 281 g/mol. The average Bonchev–Trinajstić information content (AvgIpc) is 2.50. The Labute approximate surface area is 123 Å². The monoisotopic (exact) mass is 281 g/mol. The van der Waals surface area contributed by atoms with Gasteiger partial charge in [0.1, 0.15) is 5.69 Å². The van der Waals surface area contributed by atoms with Crippen molar-refractivity contribution in [1.82, 2.24) is 10.2 Å². The molecule has 0 aliphatic carbocycles. The van der Waals surface area contributed by atoms with Crippen molar-refractivity contribution in [3.05, 3.63) is 53.7 Å². The lowest BCUT2D eigenvalue weighted by Crippen LogP contribution is -2.15. The molecule has 0 aliphatic heterocycles. The molecule has 1 aromatic heterocycles. The van der Waals surface area contributed by atoms with Gasteiger partial charge in [-0.15, -0.1) is 10.2 Å². The first-order valence-electron chi connectivity index (χ1n) is 6.55. The van der Waals surface area contributed by atoms with Gasteiger partial charge in [-0.25, -0.2) is 0 Å². The third-order valence-electron chi connectivity index (χ3n) is 2.59. The Kier molecular flexibility index (Phi) is 5.44. The van der Waals surface area contributed by atoms with Gasteiger partial charge in [-0.05, 0) is 23.6 Å². The summed E-state index contributed by atoms with van der Waals surface area (Å²) < 4.78 is 0. The van der Waals surface area contributed by atoms with Crippen LogP contribution in [-0.4, -0.2) is 27.8 Å². The Balaban J connectivity index is 1.91. The van der Waals surface area contributed by atoms with Crippen molar-refractivity contribution in [3.8, 4) is 11.8 Å². The van der Waals surface area contributed by atoms with E-state index in [1.165, 1.54) is 0 Å². The van der Waals surface area contributed by atoms with Crippen molar-refractivity contribution in [3.63, 3.8) is 0 Å². The van der Waals surface area contributed by atoms with E-state index in [1.807, 2.05) is 30.3 Å². The molecule has 2 N–H and O–H groups in total. The van der Waals surface area contributed by atoms with E-state index in [-0.39, 0.29) is 12.5 Å².